The van der Waals surface area contributed by atoms with Gasteiger partial charge < -0.3 is 10.4 Å². The maximum Gasteiger partial charge on any atom is 0.120 e. The fourth-order valence-electron chi connectivity index (χ4n) is 2.90. The Kier molecular flexibility index (Phi) is 3.75. The number of benzene rings is 2. The average molecular weight is 267 g/mol. The maximum atomic E-state index is 9.78. The van der Waals surface area contributed by atoms with Crippen LogP contribution in [0, 0.1) is 0 Å². The first-order valence-electron chi connectivity index (χ1n) is 7.36. The van der Waals surface area contributed by atoms with E-state index in [-0.39, 0.29) is 0 Å². The zero-order chi connectivity index (χ0) is 13.9. The Morgan fingerprint density at radius 3 is 2.75 bits per heavy atom. The SMILES string of the molecule is CC(NCc1ccccc1O)c1ccc2c(c1)CCC2. The first-order chi connectivity index (χ1) is 9.74. The molecule has 20 heavy (non-hydrogen) atoms. The quantitative estimate of drug-likeness (QED) is 0.884. The summed E-state index contributed by atoms with van der Waals surface area (Å²) in [5.74, 6) is 0.362. The van der Waals surface area contributed by atoms with Crippen LogP contribution in [0.3, 0.4) is 0 Å². The lowest BCUT2D eigenvalue weighted by molar-refractivity contribution is 0.460. The Bertz CT molecular complexity index is 606. The third kappa shape index (κ3) is 2.70. The normalized spacial score (nSPS) is 15.1. The van der Waals surface area contributed by atoms with Gasteiger partial charge in [0.05, 0.1) is 0 Å². The van der Waals surface area contributed by atoms with Gasteiger partial charge in [-0.25, -0.2) is 0 Å². The van der Waals surface area contributed by atoms with Crippen molar-refractivity contribution in [3.8, 4) is 5.75 Å². The summed E-state index contributed by atoms with van der Waals surface area (Å²) >= 11 is 0. The summed E-state index contributed by atoms with van der Waals surface area (Å²) in [5, 5.41) is 13.3. The molecule has 0 radical (unpaired) electrons. The fourth-order valence-corrected chi connectivity index (χ4v) is 2.90. The molecule has 0 heterocycles. The van der Waals surface area contributed by atoms with Gasteiger partial charge in [-0.1, -0.05) is 36.4 Å². The van der Waals surface area contributed by atoms with Crippen molar-refractivity contribution in [2.24, 2.45) is 0 Å². The van der Waals surface area contributed by atoms with Crippen LogP contribution in [0.4, 0.5) is 0 Å². The lowest BCUT2D eigenvalue weighted by Crippen LogP contribution is -2.18. The predicted octanol–water partition coefficient (Wildman–Crippen LogP) is 3.73. The predicted molar refractivity (Wildman–Crippen MR) is 81.8 cm³/mol. The first kappa shape index (κ1) is 13.2. The molecule has 2 nitrogen and oxygen atoms in total. The van der Waals surface area contributed by atoms with Crippen molar-refractivity contribution in [3.63, 3.8) is 0 Å². The van der Waals surface area contributed by atoms with Gasteiger partial charge in [0.25, 0.3) is 0 Å². The minimum absolute atomic E-state index is 0.292. The van der Waals surface area contributed by atoms with Crippen LogP contribution in [0.2, 0.25) is 0 Å². The molecule has 2 aromatic rings. The zero-order valence-corrected chi connectivity index (χ0v) is 11.9. The molecular formula is C18H21NO. The zero-order valence-electron chi connectivity index (χ0n) is 11.9. The van der Waals surface area contributed by atoms with Crippen molar-refractivity contribution in [1.82, 2.24) is 5.32 Å². The smallest absolute Gasteiger partial charge is 0.120 e. The van der Waals surface area contributed by atoms with E-state index in [1.54, 1.807) is 6.07 Å². The second-order valence-electron chi connectivity index (χ2n) is 5.61. The van der Waals surface area contributed by atoms with E-state index < -0.39 is 0 Å². The van der Waals surface area contributed by atoms with E-state index in [9.17, 15) is 5.11 Å². The molecule has 0 amide bonds. The molecule has 0 saturated carbocycles. The number of rotatable bonds is 4. The number of phenols is 1. The van der Waals surface area contributed by atoms with E-state index in [0.717, 1.165) is 5.56 Å². The van der Waals surface area contributed by atoms with Gasteiger partial charge in [0.2, 0.25) is 0 Å². The lowest BCUT2D eigenvalue weighted by atomic mass is 10.0. The molecule has 0 aromatic heterocycles. The van der Waals surface area contributed by atoms with Gasteiger partial charge in [-0.05, 0) is 48.9 Å². The summed E-state index contributed by atoms with van der Waals surface area (Å²) in [6.45, 7) is 2.86. The molecule has 2 N–H and O–H groups in total. The summed E-state index contributed by atoms with van der Waals surface area (Å²) in [6.07, 6.45) is 3.74. The number of phenolic OH excluding ortho intramolecular Hbond substituents is 1. The van der Waals surface area contributed by atoms with Crippen molar-refractivity contribution in [2.45, 2.75) is 38.8 Å². The highest BCUT2D eigenvalue weighted by atomic mass is 16.3. The van der Waals surface area contributed by atoms with Crippen LogP contribution in [0.15, 0.2) is 42.5 Å². The van der Waals surface area contributed by atoms with E-state index in [4.69, 9.17) is 0 Å². The molecule has 0 fully saturated rings. The minimum Gasteiger partial charge on any atom is -0.508 e. The molecule has 2 heteroatoms. The van der Waals surface area contributed by atoms with Crippen LogP contribution < -0.4 is 5.32 Å². The number of fused-ring (bicyclic) bond motifs is 1. The van der Waals surface area contributed by atoms with E-state index in [1.165, 1.54) is 36.0 Å². The summed E-state index contributed by atoms with van der Waals surface area (Å²) in [5.41, 5.74) is 5.31. The highest BCUT2D eigenvalue weighted by Gasteiger charge is 2.13. The molecule has 2 aromatic carbocycles. The summed E-state index contributed by atoms with van der Waals surface area (Å²) in [6, 6.07) is 14.6. The van der Waals surface area contributed by atoms with Gasteiger partial charge in [-0.15, -0.1) is 0 Å². The van der Waals surface area contributed by atoms with E-state index in [2.05, 4.69) is 30.4 Å². The van der Waals surface area contributed by atoms with Gasteiger partial charge in [0.15, 0.2) is 0 Å². The van der Waals surface area contributed by atoms with Crippen LogP contribution in [-0.2, 0) is 19.4 Å². The van der Waals surface area contributed by atoms with Gasteiger partial charge in [-0.3, -0.25) is 0 Å². The molecular weight excluding hydrogens is 246 g/mol. The third-order valence-electron chi connectivity index (χ3n) is 4.21. The Balaban J connectivity index is 1.67. The van der Waals surface area contributed by atoms with Crippen LogP contribution in [0.5, 0.6) is 5.75 Å². The minimum atomic E-state index is 0.292. The Morgan fingerprint density at radius 1 is 1.10 bits per heavy atom. The highest BCUT2D eigenvalue weighted by molar-refractivity contribution is 5.37. The first-order valence-corrected chi connectivity index (χ1v) is 7.36. The van der Waals surface area contributed by atoms with E-state index in [1.807, 2.05) is 18.2 Å². The van der Waals surface area contributed by atoms with Crippen molar-refractivity contribution in [2.75, 3.05) is 0 Å². The maximum absolute atomic E-state index is 9.78. The molecule has 0 saturated heterocycles. The van der Waals surface area contributed by atoms with Crippen LogP contribution in [0.1, 0.15) is 41.6 Å². The molecule has 1 aliphatic rings. The largest absolute Gasteiger partial charge is 0.508 e. The standard InChI is InChI=1S/C18H21NO/c1-13(19-12-17-5-2-3-8-18(17)20)15-10-9-14-6-4-7-16(14)11-15/h2-3,5,8-11,13,19-20H,4,6-7,12H2,1H3. The van der Waals surface area contributed by atoms with Crippen molar-refractivity contribution in [3.05, 3.63) is 64.7 Å². The Labute approximate surface area is 120 Å². The monoisotopic (exact) mass is 267 g/mol. The summed E-state index contributed by atoms with van der Waals surface area (Å²) in [7, 11) is 0. The molecule has 1 aliphatic carbocycles. The number of hydrogen-bond acceptors (Lipinski definition) is 2. The van der Waals surface area contributed by atoms with Gasteiger partial charge in [-0.2, -0.15) is 0 Å². The summed E-state index contributed by atoms with van der Waals surface area (Å²) < 4.78 is 0. The second kappa shape index (κ2) is 5.68. The molecule has 104 valence electrons. The summed E-state index contributed by atoms with van der Waals surface area (Å²) in [4.78, 5) is 0. The third-order valence-corrected chi connectivity index (χ3v) is 4.21. The Morgan fingerprint density at radius 2 is 1.90 bits per heavy atom. The van der Waals surface area contributed by atoms with Crippen molar-refractivity contribution in [1.29, 1.82) is 0 Å². The Hall–Kier alpha value is -1.80. The molecule has 0 bridgehead atoms. The highest BCUT2D eigenvalue weighted by Crippen LogP contribution is 2.25. The number of aryl methyl sites for hydroxylation is 2. The average Bonchev–Trinajstić information content (AvgIpc) is 2.93. The van der Waals surface area contributed by atoms with Gasteiger partial charge >= 0.3 is 0 Å². The van der Waals surface area contributed by atoms with E-state index >= 15 is 0 Å². The van der Waals surface area contributed by atoms with Crippen LogP contribution in [-0.4, -0.2) is 5.11 Å². The number of nitrogens with one attached hydrogen (secondary N) is 1. The number of para-hydroxylation sites is 1. The molecule has 0 aliphatic heterocycles. The molecule has 1 unspecified atom stereocenters. The molecule has 1 atom stereocenters. The van der Waals surface area contributed by atoms with Gasteiger partial charge in [0.1, 0.15) is 5.75 Å². The van der Waals surface area contributed by atoms with Crippen LogP contribution in [0.25, 0.3) is 0 Å². The van der Waals surface area contributed by atoms with E-state index in [0.29, 0.717) is 18.3 Å². The topological polar surface area (TPSA) is 32.3 Å². The number of aromatic hydroxyl groups is 1. The lowest BCUT2D eigenvalue weighted by Gasteiger charge is -2.16. The van der Waals surface area contributed by atoms with Crippen LogP contribution >= 0.6 is 0 Å². The number of hydrogen-bond donors (Lipinski definition) is 2. The molecule has 0 spiro atoms. The molecule has 3 rings (SSSR count). The fraction of sp³-hybridized carbons (Fsp3) is 0.333. The van der Waals surface area contributed by atoms with Crippen molar-refractivity contribution < 1.29 is 5.11 Å². The second-order valence-corrected chi connectivity index (χ2v) is 5.61. The van der Waals surface area contributed by atoms with Gasteiger partial charge in [0, 0.05) is 18.2 Å². The van der Waals surface area contributed by atoms with Crippen molar-refractivity contribution >= 4 is 0 Å².